The van der Waals surface area contributed by atoms with E-state index in [1.54, 1.807) is 35.1 Å². The number of nitrogens with zero attached hydrogens (tertiary/aromatic N) is 4. The SMILES string of the molecule is CC(O)c1cc2coccc-2c1NC(N[C@H]1CCCCN(CC(=O)N2CCCC2)C1=O)=C(C#N)C#N. The Morgan fingerprint density at radius 3 is 2.64 bits per heavy atom. The van der Waals surface area contributed by atoms with Crippen LogP contribution in [0.2, 0.25) is 0 Å². The lowest BCUT2D eigenvalue weighted by molar-refractivity contribution is -0.140. The Labute approximate surface area is 210 Å². The summed E-state index contributed by atoms with van der Waals surface area (Å²) < 4.78 is 5.24. The van der Waals surface area contributed by atoms with Gasteiger partial charge in [-0.3, -0.25) is 9.59 Å². The summed E-state index contributed by atoms with van der Waals surface area (Å²) >= 11 is 0. The van der Waals surface area contributed by atoms with E-state index in [9.17, 15) is 25.2 Å². The number of anilines is 1. The minimum absolute atomic E-state index is 0.0238. The van der Waals surface area contributed by atoms with Crippen molar-refractivity contribution in [2.75, 3.05) is 31.5 Å². The molecule has 3 N–H and O–H groups in total. The molecule has 188 valence electrons. The van der Waals surface area contributed by atoms with Crippen LogP contribution in [0.25, 0.3) is 11.1 Å². The summed E-state index contributed by atoms with van der Waals surface area (Å²) in [5, 5.41) is 35.8. The van der Waals surface area contributed by atoms with Crippen molar-refractivity contribution >= 4 is 17.5 Å². The molecule has 2 saturated heterocycles. The molecule has 2 atom stereocenters. The molecule has 10 heteroatoms. The number of aliphatic hydroxyl groups is 1. The maximum Gasteiger partial charge on any atom is 0.245 e. The third-order valence-electron chi connectivity index (χ3n) is 6.75. The second-order valence-corrected chi connectivity index (χ2v) is 9.22. The normalized spacial score (nSPS) is 18.8. The molecular formula is C26H30N6O4. The zero-order valence-corrected chi connectivity index (χ0v) is 20.3. The molecule has 10 nitrogen and oxygen atoms in total. The van der Waals surface area contributed by atoms with E-state index in [0.29, 0.717) is 24.2 Å². The van der Waals surface area contributed by atoms with E-state index in [1.165, 1.54) is 6.26 Å². The van der Waals surface area contributed by atoms with Crippen LogP contribution in [0.1, 0.15) is 50.7 Å². The number of amides is 2. The van der Waals surface area contributed by atoms with E-state index in [-0.39, 0.29) is 29.8 Å². The number of hydrogen-bond donors (Lipinski definition) is 3. The molecule has 2 amide bonds. The highest BCUT2D eigenvalue weighted by molar-refractivity contribution is 5.89. The molecule has 0 aromatic rings. The quantitative estimate of drug-likeness (QED) is 0.502. The first-order chi connectivity index (χ1) is 17.4. The van der Waals surface area contributed by atoms with Gasteiger partial charge in [0.1, 0.15) is 24.0 Å². The topological polar surface area (TPSA) is 146 Å². The number of nitrogens with one attached hydrogen (secondary N) is 2. The van der Waals surface area contributed by atoms with Crippen LogP contribution in [-0.2, 0) is 9.59 Å². The van der Waals surface area contributed by atoms with Crippen molar-refractivity contribution in [2.45, 2.75) is 51.2 Å². The van der Waals surface area contributed by atoms with E-state index in [1.807, 2.05) is 12.1 Å². The fourth-order valence-corrected chi connectivity index (χ4v) is 4.82. The molecule has 36 heavy (non-hydrogen) atoms. The van der Waals surface area contributed by atoms with Crippen LogP contribution in [-0.4, -0.2) is 58.9 Å². The second-order valence-electron chi connectivity index (χ2n) is 9.22. The summed E-state index contributed by atoms with van der Waals surface area (Å²) in [4.78, 5) is 29.5. The number of allylic oxidation sites excluding steroid dienone is 1. The molecule has 0 saturated carbocycles. The Balaban J connectivity index is 1.60. The van der Waals surface area contributed by atoms with Gasteiger partial charge in [-0.1, -0.05) is 0 Å². The molecule has 0 aromatic heterocycles. The summed E-state index contributed by atoms with van der Waals surface area (Å²) in [6, 6.07) is 6.55. The molecule has 4 aliphatic rings. The monoisotopic (exact) mass is 490 g/mol. The maximum absolute atomic E-state index is 13.4. The van der Waals surface area contributed by atoms with Crippen molar-refractivity contribution in [1.29, 1.82) is 10.5 Å². The Kier molecular flexibility index (Phi) is 7.77. The largest absolute Gasteiger partial charge is 0.472 e. The van der Waals surface area contributed by atoms with Crippen molar-refractivity contribution in [3.05, 3.63) is 41.6 Å². The summed E-state index contributed by atoms with van der Waals surface area (Å²) in [5.41, 5.74) is 2.33. The average Bonchev–Trinajstić information content (AvgIpc) is 3.50. The van der Waals surface area contributed by atoms with E-state index in [0.717, 1.165) is 49.9 Å². The van der Waals surface area contributed by atoms with Crippen LogP contribution in [0.3, 0.4) is 0 Å². The third kappa shape index (κ3) is 5.29. The third-order valence-corrected chi connectivity index (χ3v) is 6.75. The Morgan fingerprint density at radius 1 is 1.22 bits per heavy atom. The van der Waals surface area contributed by atoms with E-state index >= 15 is 0 Å². The van der Waals surface area contributed by atoms with Crippen LogP contribution in [0.4, 0.5) is 5.69 Å². The number of hydrogen-bond acceptors (Lipinski definition) is 8. The second kappa shape index (κ2) is 11.1. The van der Waals surface area contributed by atoms with Crippen molar-refractivity contribution in [3.8, 4) is 23.3 Å². The number of nitriles is 2. The van der Waals surface area contributed by atoms with Gasteiger partial charge in [0.25, 0.3) is 0 Å². The fraction of sp³-hybridized carbons (Fsp3) is 0.462. The molecule has 3 aliphatic heterocycles. The Hall–Kier alpha value is -4.02. The lowest BCUT2D eigenvalue weighted by Crippen LogP contribution is -2.49. The predicted octanol–water partition coefficient (Wildman–Crippen LogP) is 2.70. The van der Waals surface area contributed by atoms with E-state index in [4.69, 9.17) is 4.42 Å². The number of likely N-dealkylation sites (tertiary alicyclic amines) is 2. The van der Waals surface area contributed by atoms with Crippen LogP contribution in [0, 0.1) is 22.7 Å². The molecule has 0 bridgehead atoms. The van der Waals surface area contributed by atoms with Crippen molar-refractivity contribution < 1.29 is 19.1 Å². The lowest BCUT2D eigenvalue weighted by atomic mass is 10.1. The zero-order valence-electron chi connectivity index (χ0n) is 20.3. The highest BCUT2D eigenvalue weighted by Gasteiger charge is 2.31. The minimum Gasteiger partial charge on any atom is -0.472 e. The average molecular weight is 491 g/mol. The zero-order chi connectivity index (χ0) is 25.7. The van der Waals surface area contributed by atoms with Crippen molar-refractivity contribution in [3.63, 3.8) is 0 Å². The maximum atomic E-state index is 13.4. The highest BCUT2D eigenvalue weighted by atomic mass is 16.3. The van der Waals surface area contributed by atoms with Gasteiger partial charge in [-0.2, -0.15) is 10.5 Å². The van der Waals surface area contributed by atoms with Gasteiger partial charge >= 0.3 is 0 Å². The predicted molar refractivity (Wildman–Crippen MR) is 131 cm³/mol. The van der Waals surface area contributed by atoms with Crippen molar-refractivity contribution in [1.82, 2.24) is 15.1 Å². The molecule has 1 aliphatic carbocycles. The first-order valence-corrected chi connectivity index (χ1v) is 12.2. The molecule has 0 radical (unpaired) electrons. The summed E-state index contributed by atoms with van der Waals surface area (Å²) in [6.07, 6.45) is 6.17. The number of carbonyl (C=O) groups excluding carboxylic acids is 2. The van der Waals surface area contributed by atoms with Crippen LogP contribution < -0.4 is 10.6 Å². The van der Waals surface area contributed by atoms with Gasteiger partial charge in [0.2, 0.25) is 11.8 Å². The molecular weight excluding hydrogens is 460 g/mol. The van der Waals surface area contributed by atoms with Gasteiger partial charge in [0.05, 0.1) is 30.9 Å². The molecule has 1 unspecified atom stereocenters. The van der Waals surface area contributed by atoms with E-state index < -0.39 is 12.1 Å². The number of fused-ring (bicyclic) bond motifs is 1. The smallest absolute Gasteiger partial charge is 0.245 e. The van der Waals surface area contributed by atoms with E-state index in [2.05, 4.69) is 10.6 Å². The van der Waals surface area contributed by atoms with Crippen molar-refractivity contribution in [2.24, 2.45) is 0 Å². The van der Waals surface area contributed by atoms with Crippen LogP contribution in [0.15, 0.2) is 40.5 Å². The van der Waals surface area contributed by atoms with Gasteiger partial charge in [-0.05, 0) is 51.2 Å². The minimum atomic E-state index is -0.833. The van der Waals surface area contributed by atoms with Gasteiger partial charge in [0, 0.05) is 36.3 Å². The summed E-state index contributed by atoms with van der Waals surface area (Å²) in [5.74, 6) is -0.210. The fourth-order valence-electron chi connectivity index (χ4n) is 4.82. The Morgan fingerprint density at radius 2 is 1.94 bits per heavy atom. The Bertz CT molecular complexity index is 1180. The van der Waals surface area contributed by atoms with Crippen LogP contribution >= 0.6 is 0 Å². The lowest BCUT2D eigenvalue weighted by Gasteiger charge is -2.28. The van der Waals surface area contributed by atoms with Gasteiger partial charge < -0.3 is 30.0 Å². The first kappa shape index (κ1) is 25.1. The first-order valence-electron chi connectivity index (χ1n) is 12.2. The standard InChI is InChI=1S/C26H30N6O4/c1-17(33)21-12-18-16-36-11-7-20(18)24(21)30-25(19(13-27)14-28)29-22-6-2-3-10-32(26(22)35)15-23(34)31-8-4-5-9-31/h7,11-12,16-17,22,29-30,33H,2-6,8-10,15H2,1H3/t17?,22-/m0/s1. The highest BCUT2D eigenvalue weighted by Crippen LogP contribution is 2.40. The van der Waals surface area contributed by atoms with Gasteiger partial charge in [-0.15, -0.1) is 0 Å². The molecule has 3 heterocycles. The molecule has 0 spiro atoms. The van der Waals surface area contributed by atoms with Gasteiger partial charge in [-0.25, -0.2) is 0 Å². The molecule has 0 aromatic carbocycles. The van der Waals surface area contributed by atoms with Crippen LogP contribution in [0.5, 0.6) is 0 Å². The molecule has 4 rings (SSSR count). The number of rotatable bonds is 7. The number of carbonyl (C=O) groups is 2. The summed E-state index contributed by atoms with van der Waals surface area (Å²) in [7, 11) is 0. The number of aliphatic hydroxyl groups excluding tert-OH is 1. The van der Waals surface area contributed by atoms with Gasteiger partial charge in [0.15, 0.2) is 5.57 Å². The molecule has 2 fully saturated rings. The summed E-state index contributed by atoms with van der Waals surface area (Å²) in [6.45, 7) is 3.57.